The molecular formula is C26H26ClN3O6S. The Morgan fingerprint density at radius 2 is 1.81 bits per heavy atom. The standard InChI is InChI=1S/C26H26ClN3O6S/c27-21-22(36-15-20(31)32)24(25(33)34)37-23(21)17-7-4-8-19(13-17)30(18-9-11-28-12-10-18)26(35)29-14-16-5-2-1-3-6-16/h1-8,13,18,28H,9-12,14-15H2,(H,29,35)(H,31,32)(H,33,34). The van der Waals surface area contributed by atoms with E-state index in [9.17, 15) is 19.5 Å². The van der Waals surface area contributed by atoms with E-state index in [0.717, 1.165) is 42.8 Å². The first kappa shape index (κ1) is 26.5. The Kier molecular flexibility index (Phi) is 8.65. The van der Waals surface area contributed by atoms with Gasteiger partial charge in [0.2, 0.25) is 0 Å². The van der Waals surface area contributed by atoms with Crippen molar-refractivity contribution in [2.45, 2.75) is 25.4 Å². The molecule has 0 saturated carbocycles. The number of hydrogen-bond acceptors (Lipinski definition) is 6. The third-order valence-corrected chi connectivity index (χ3v) is 7.59. The number of nitrogens with one attached hydrogen (secondary N) is 2. The summed E-state index contributed by atoms with van der Waals surface area (Å²) in [6, 6.07) is 16.5. The van der Waals surface area contributed by atoms with E-state index in [1.807, 2.05) is 36.4 Å². The Hall–Kier alpha value is -3.60. The number of carbonyl (C=O) groups excluding carboxylic acids is 1. The number of carboxylic acids is 2. The van der Waals surface area contributed by atoms with Gasteiger partial charge in [-0.15, -0.1) is 11.3 Å². The van der Waals surface area contributed by atoms with Gasteiger partial charge in [-0.3, -0.25) is 4.90 Å². The number of aliphatic carboxylic acids is 1. The van der Waals surface area contributed by atoms with Crippen molar-refractivity contribution in [3.8, 4) is 16.2 Å². The number of carboxylic acid groups (broad SMARTS) is 2. The van der Waals surface area contributed by atoms with Crippen molar-refractivity contribution in [2.24, 2.45) is 0 Å². The summed E-state index contributed by atoms with van der Waals surface area (Å²) in [5.74, 6) is -2.70. The quantitative estimate of drug-likeness (QED) is 0.308. The van der Waals surface area contributed by atoms with Gasteiger partial charge in [0.15, 0.2) is 17.2 Å². The SMILES string of the molecule is O=C(O)COc1c(C(=O)O)sc(-c2cccc(N(C(=O)NCc3ccccc3)C3CCNCC3)c2)c1Cl. The van der Waals surface area contributed by atoms with Crippen LogP contribution < -0.4 is 20.3 Å². The minimum Gasteiger partial charge on any atom is -0.479 e. The molecule has 1 aliphatic heterocycles. The van der Waals surface area contributed by atoms with E-state index >= 15 is 0 Å². The van der Waals surface area contributed by atoms with Crippen LogP contribution in [-0.4, -0.2) is 53.9 Å². The maximum Gasteiger partial charge on any atom is 0.349 e. The molecule has 9 nitrogen and oxygen atoms in total. The van der Waals surface area contributed by atoms with E-state index in [-0.39, 0.29) is 27.7 Å². The van der Waals surface area contributed by atoms with E-state index in [4.69, 9.17) is 21.4 Å². The lowest BCUT2D eigenvalue weighted by Gasteiger charge is -2.35. The van der Waals surface area contributed by atoms with Gasteiger partial charge in [-0.05, 0) is 49.2 Å². The zero-order chi connectivity index (χ0) is 26.4. The summed E-state index contributed by atoms with van der Waals surface area (Å²) >= 11 is 7.37. The van der Waals surface area contributed by atoms with Crippen LogP contribution in [0.25, 0.3) is 10.4 Å². The molecule has 1 aromatic heterocycles. The molecule has 0 aliphatic carbocycles. The van der Waals surface area contributed by atoms with E-state index in [1.54, 1.807) is 23.1 Å². The maximum absolute atomic E-state index is 13.4. The molecule has 0 spiro atoms. The molecule has 1 fully saturated rings. The van der Waals surface area contributed by atoms with E-state index in [2.05, 4.69) is 10.6 Å². The van der Waals surface area contributed by atoms with Crippen LogP contribution in [0, 0.1) is 0 Å². The average molecular weight is 544 g/mol. The van der Waals surface area contributed by atoms with Crippen molar-refractivity contribution in [3.63, 3.8) is 0 Å². The molecule has 11 heteroatoms. The number of nitrogens with zero attached hydrogens (tertiary/aromatic N) is 1. The highest BCUT2D eigenvalue weighted by Gasteiger charge is 2.29. The lowest BCUT2D eigenvalue weighted by Crippen LogP contribution is -2.50. The molecule has 1 saturated heterocycles. The third-order valence-electron chi connectivity index (χ3n) is 5.91. The number of thiophene rings is 1. The first-order valence-electron chi connectivity index (χ1n) is 11.7. The van der Waals surface area contributed by atoms with Gasteiger partial charge in [0, 0.05) is 18.3 Å². The fourth-order valence-electron chi connectivity index (χ4n) is 4.20. The average Bonchev–Trinajstić information content (AvgIpc) is 3.24. The first-order chi connectivity index (χ1) is 17.8. The molecule has 3 aromatic rings. The molecule has 0 radical (unpaired) electrons. The van der Waals surface area contributed by atoms with Crippen molar-refractivity contribution in [1.29, 1.82) is 0 Å². The first-order valence-corrected chi connectivity index (χ1v) is 12.9. The van der Waals surface area contributed by atoms with Gasteiger partial charge >= 0.3 is 18.0 Å². The maximum atomic E-state index is 13.4. The van der Waals surface area contributed by atoms with E-state index in [1.165, 1.54) is 0 Å². The number of anilines is 1. The summed E-state index contributed by atoms with van der Waals surface area (Å²) < 4.78 is 5.19. The summed E-state index contributed by atoms with van der Waals surface area (Å²) in [5.41, 5.74) is 2.22. The number of carbonyl (C=O) groups is 3. The third kappa shape index (κ3) is 6.40. The second-order valence-electron chi connectivity index (χ2n) is 8.44. The number of aromatic carboxylic acids is 1. The molecule has 37 heavy (non-hydrogen) atoms. The summed E-state index contributed by atoms with van der Waals surface area (Å²) in [6.07, 6.45) is 1.55. The predicted molar refractivity (Wildman–Crippen MR) is 142 cm³/mol. The zero-order valence-corrected chi connectivity index (χ0v) is 21.3. The smallest absolute Gasteiger partial charge is 0.349 e. The number of piperidine rings is 1. The topological polar surface area (TPSA) is 128 Å². The molecule has 0 unspecified atom stereocenters. The van der Waals surface area contributed by atoms with Crippen LogP contribution in [0.5, 0.6) is 5.75 Å². The van der Waals surface area contributed by atoms with Crippen molar-refractivity contribution in [1.82, 2.24) is 10.6 Å². The van der Waals surface area contributed by atoms with Crippen molar-refractivity contribution in [3.05, 3.63) is 70.1 Å². The molecule has 2 aromatic carbocycles. The Morgan fingerprint density at radius 1 is 1.08 bits per heavy atom. The van der Waals surface area contributed by atoms with Crippen LogP contribution >= 0.6 is 22.9 Å². The molecule has 4 rings (SSSR count). The van der Waals surface area contributed by atoms with E-state index < -0.39 is 18.5 Å². The van der Waals surface area contributed by atoms with Gasteiger partial charge in [0.05, 0.1) is 4.88 Å². The molecule has 0 bridgehead atoms. The minimum absolute atomic E-state index is 0.0164. The van der Waals surface area contributed by atoms with Gasteiger partial charge in [0.1, 0.15) is 5.02 Å². The number of hydrogen-bond donors (Lipinski definition) is 4. The highest BCUT2D eigenvalue weighted by Crippen LogP contribution is 2.46. The number of halogens is 1. The van der Waals surface area contributed by atoms with Gasteiger partial charge in [-0.1, -0.05) is 54.1 Å². The zero-order valence-electron chi connectivity index (χ0n) is 19.8. The number of ether oxygens (including phenoxy) is 1. The molecule has 2 amide bonds. The fourth-order valence-corrected chi connectivity index (χ4v) is 5.60. The van der Waals surface area contributed by atoms with Crippen molar-refractivity contribution >= 4 is 46.6 Å². The fraction of sp³-hybridized carbons (Fsp3) is 0.269. The van der Waals surface area contributed by atoms with Gasteiger partial charge in [-0.2, -0.15) is 0 Å². The Labute approximate surface area is 222 Å². The van der Waals surface area contributed by atoms with Crippen LogP contribution in [0.15, 0.2) is 54.6 Å². The minimum atomic E-state index is -1.27. The molecular weight excluding hydrogens is 518 g/mol. The highest BCUT2D eigenvalue weighted by molar-refractivity contribution is 7.18. The van der Waals surface area contributed by atoms with Crippen molar-refractivity contribution in [2.75, 3.05) is 24.6 Å². The molecule has 0 atom stereocenters. The van der Waals surface area contributed by atoms with Crippen LogP contribution in [0.1, 0.15) is 28.1 Å². The highest BCUT2D eigenvalue weighted by atomic mass is 35.5. The second-order valence-corrected chi connectivity index (χ2v) is 9.84. The Balaban J connectivity index is 1.66. The van der Waals surface area contributed by atoms with Crippen LogP contribution in [0.3, 0.4) is 0 Å². The van der Waals surface area contributed by atoms with Crippen LogP contribution in [0.2, 0.25) is 5.02 Å². The molecule has 4 N–H and O–H groups in total. The van der Waals surface area contributed by atoms with Crippen molar-refractivity contribution < 1.29 is 29.3 Å². The summed E-state index contributed by atoms with van der Waals surface area (Å²) in [7, 11) is 0. The van der Waals surface area contributed by atoms with Gasteiger partial charge < -0.3 is 25.6 Å². The number of urea groups is 1. The van der Waals surface area contributed by atoms with Crippen LogP contribution in [0.4, 0.5) is 10.5 Å². The Bertz CT molecular complexity index is 1280. The lowest BCUT2D eigenvalue weighted by atomic mass is 10.0. The van der Waals surface area contributed by atoms with E-state index in [0.29, 0.717) is 22.7 Å². The summed E-state index contributed by atoms with van der Waals surface area (Å²) in [6.45, 7) is 1.23. The number of rotatable bonds is 9. The normalized spacial score (nSPS) is 13.6. The summed E-state index contributed by atoms with van der Waals surface area (Å²) in [5, 5.41) is 24.9. The second kappa shape index (κ2) is 12.1. The number of benzene rings is 2. The lowest BCUT2D eigenvalue weighted by molar-refractivity contribution is -0.139. The molecule has 2 heterocycles. The largest absolute Gasteiger partial charge is 0.479 e. The van der Waals surface area contributed by atoms with Gasteiger partial charge in [-0.25, -0.2) is 14.4 Å². The number of amides is 2. The Morgan fingerprint density at radius 3 is 2.49 bits per heavy atom. The van der Waals surface area contributed by atoms with Gasteiger partial charge in [0.25, 0.3) is 0 Å². The summed E-state index contributed by atoms with van der Waals surface area (Å²) in [4.78, 5) is 38.2. The monoisotopic (exact) mass is 543 g/mol. The molecule has 194 valence electrons. The van der Waals surface area contributed by atoms with Crippen LogP contribution in [-0.2, 0) is 11.3 Å². The molecule has 1 aliphatic rings. The predicted octanol–water partition coefficient (Wildman–Crippen LogP) is 4.70.